The number of hydrogen-bond donors (Lipinski definition) is 1. The quantitative estimate of drug-likeness (QED) is 0.311. The fourth-order valence-corrected chi connectivity index (χ4v) is 6.49. The summed E-state index contributed by atoms with van der Waals surface area (Å²) in [6.07, 6.45) is 4.02. The van der Waals surface area contributed by atoms with Crippen molar-refractivity contribution in [3.05, 3.63) is 41.9 Å². The zero-order valence-corrected chi connectivity index (χ0v) is 23.4. The van der Waals surface area contributed by atoms with E-state index in [-0.39, 0.29) is 54.4 Å². The lowest BCUT2D eigenvalue weighted by Gasteiger charge is -2.28. The maximum Gasteiger partial charge on any atom is 0.245 e. The second-order valence-corrected chi connectivity index (χ2v) is 12.5. The van der Waals surface area contributed by atoms with E-state index in [0.29, 0.717) is 35.4 Å². The van der Waals surface area contributed by atoms with Crippen LogP contribution in [0, 0.1) is 11.8 Å². The van der Waals surface area contributed by atoms with Crippen LogP contribution < -0.4 is 10.1 Å². The van der Waals surface area contributed by atoms with E-state index >= 15 is 0 Å². The van der Waals surface area contributed by atoms with Crippen LogP contribution in [0.15, 0.2) is 30.5 Å². The lowest BCUT2D eigenvalue weighted by molar-refractivity contribution is -0.140. The van der Waals surface area contributed by atoms with Gasteiger partial charge in [-0.3, -0.25) is 23.7 Å². The molecule has 0 unspecified atom stereocenters. The molecule has 2 aliphatic carbocycles. The van der Waals surface area contributed by atoms with Gasteiger partial charge in [-0.05, 0) is 56.4 Å². The third kappa shape index (κ3) is 5.00. The van der Waals surface area contributed by atoms with E-state index in [9.17, 15) is 14.4 Å². The molecule has 12 heteroatoms. The van der Waals surface area contributed by atoms with Crippen LogP contribution >= 0.6 is 23.2 Å². The van der Waals surface area contributed by atoms with Gasteiger partial charge in [-0.25, -0.2) is 0 Å². The van der Waals surface area contributed by atoms with Crippen LogP contribution in [0.3, 0.4) is 0 Å². The molecule has 1 aliphatic heterocycles. The Bertz CT molecular complexity index is 1480. The molecule has 10 nitrogen and oxygen atoms in total. The number of carbonyl (C=O) groups is 3. The predicted molar refractivity (Wildman–Crippen MR) is 145 cm³/mol. The van der Waals surface area contributed by atoms with Gasteiger partial charge < -0.3 is 15.0 Å². The monoisotopic (exact) mass is 572 g/mol. The van der Waals surface area contributed by atoms with Crippen molar-refractivity contribution in [3.63, 3.8) is 0 Å². The Balaban J connectivity index is 1.18. The standard InChI is InChI=1S/C27H30Cl2N6O4/c1-14(20-11-27(20,28)29)30-26(38)23-9-16-8-22(16)35(23)24(37)12-34-21-5-4-18(10-19(21)25(32-34)15(2)36)39-13-17-6-7-33(3)31-17/h4-7,10,14,16,20,22-23H,8-9,11-13H2,1-3H3,(H,30,38)/t14-,16-,20-,22-,23+/m1/s1. The van der Waals surface area contributed by atoms with Gasteiger partial charge in [0.1, 0.15) is 35.0 Å². The van der Waals surface area contributed by atoms with Gasteiger partial charge in [-0.2, -0.15) is 10.2 Å². The first-order chi connectivity index (χ1) is 18.5. The van der Waals surface area contributed by atoms with Gasteiger partial charge in [0.15, 0.2) is 5.78 Å². The van der Waals surface area contributed by atoms with Crippen molar-refractivity contribution in [2.45, 2.75) is 68.7 Å². The fourth-order valence-electron chi connectivity index (χ4n) is 5.78. The molecular weight excluding hydrogens is 543 g/mol. The van der Waals surface area contributed by atoms with E-state index in [0.717, 1.165) is 12.1 Å². The number of hydrogen-bond acceptors (Lipinski definition) is 6. The molecule has 3 heterocycles. The van der Waals surface area contributed by atoms with Gasteiger partial charge >= 0.3 is 0 Å². The van der Waals surface area contributed by atoms with Crippen molar-refractivity contribution >= 4 is 51.7 Å². The number of likely N-dealkylation sites (tertiary alicyclic amines) is 1. The number of amides is 2. The Morgan fingerprint density at radius 1 is 1.21 bits per heavy atom. The van der Waals surface area contributed by atoms with Gasteiger partial charge in [0.05, 0.1) is 11.2 Å². The number of alkyl halides is 2. The molecule has 0 spiro atoms. The second kappa shape index (κ2) is 9.52. The molecule has 206 valence electrons. The molecule has 2 amide bonds. The average molecular weight is 573 g/mol. The molecule has 39 heavy (non-hydrogen) atoms. The zero-order valence-electron chi connectivity index (χ0n) is 21.9. The molecule has 1 N–H and O–H groups in total. The Hall–Kier alpha value is -3.11. The van der Waals surface area contributed by atoms with Crippen LogP contribution in [0.4, 0.5) is 0 Å². The second-order valence-electron chi connectivity index (χ2n) is 11.0. The topological polar surface area (TPSA) is 111 Å². The summed E-state index contributed by atoms with van der Waals surface area (Å²) < 4.78 is 8.34. The van der Waals surface area contributed by atoms with E-state index in [4.69, 9.17) is 27.9 Å². The minimum Gasteiger partial charge on any atom is -0.487 e. The molecule has 2 aromatic heterocycles. The number of halogens is 2. The van der Waals surface area contributed by atoms with E-state index in [2.05, 4.69) is 15.5 Å². The summed E-state index contributed by atoms with van der Waals surface area (Å²) in [6, 6.07) is 6.56. The van der Waals surface area contributed by atoms with E-state index in [1.807, 2.05) is 26.2 Å². The van der Waals surface area contributed by atoms with Gasteiger partial charge in [-0.1, -0.05) is 0 Å². The summed E-state index contributed by atoms with van der Waals surface area (Å²) in [5, 5.41) is 12.4. The van der Waals surface area contributed by atoms with Crippen LogP contribution in [0.2, 0.25) is 0 Å². The third-order valence-electron chi connectivity index (χ3n) is 8.04. The highest BCUT2D eigenvalue weighted by atomic mass is 35.5. The van der Waals surface area contributed by atoms with E-state index < -0.39 is 10.4 Å². The Morgan fingerprint density at radius 2 is 1.97 bits per heavy atom. The number of benzene rings is 1. The molecule has 0 radical (unpaired) electrons. The number of carbonyl (C=O) groups excluding carboxylic acids is 3. The van der Waals surface area contributed by atoms with Crippen LogP contribution in [0.1, 0.15) is 49.3 Å². The number of ether oxygens (including phenoxy) is 1. The number of aryl methyl sites for hydroxylation is 1. The normalized spacial score (nSPS) is 25.3. The maximum absolute atomic E-state index is 13.6. The van der Waals surface area contributed by atoms with Crippen molar-refractivity contribution in [2.24, 2.45) is 18.9 Å². The molecule has 3 aliphatic rings. The Morgan fingerprint density at radius 3 is 2.64 bits per heavy atom. The zero-order chi connectivity index (χ0) is 27.6. The summed E-state index contributed by atoms with van der Waals surface area (Å²) in [7, 11) is 1.84. The first-order valence-electron chi connectivity index (χ1n) is 13.1. The molecule has 6 rings (SSSR count). The number of aromatic nitrogens is 4. The smallest absolute Gasteiger partial charge is 0.245 e. The molecule has 3 aromatic rings. The fraction of sp³-hybridized carbons (Fsp3) is 0.519. The maximum atomic E-state index is 13.6. The summed E-state index contributed by atoms with van der Waals surface area (Å²) in [5.41, 5.74) is 1.70. The van der Waals surface area contributed by atoms with Gasteiger partial charge in [-0.15, -0.1) is 23.2 Å². The van der Waals surface area contributed by atoms with Crippen LogP contribution in [-0.2, 0) is 29.8 Å². The summed E-state index contributed by atoms with van der Waals surface area (Å²) in [6.45, 7) is 3.55. The third-order valence-corrected chi connectivity index (χ3v) is 8.91. The van der Waals surface area contributed by atoms with E-state index in [1.165, 1.54) is 6.92 Å². The summed E-state index contributed by atoms with van der Waals surface area (Å²) in [4.78, 5) is 40.9. The summed E-state index contributed by atoms with van der Waals surface area (Å²) in [5.74, 6) is 0.325. The predicted octanol–water partition coefficient (Wildman–Crippen LogP) is 3.24. The lowest BCUT2D eigenvalue weighted by atomic mass is 10.1. The Labute approximate surface area is 235 Å². The largest absolute Gasteiger partial charge is 0.487 e. The number of nitrogens with one attached hydrogen (secondary N) is 1. The van der Waals surface area contributed by atoms with Crippen molar-refractivity contribution in [1.29, 1.82) is 0 Å². The van der Waals surface area contributed by atoms with Crippen molar-refractivity contribution in [2.75, 3.05) is 0 Å². The number of ketones is 1. The molecule has 5 atom stereocenters. The number of fused-ring (bicyclic) bond motifs is 2. The van der Waals surface area contributed by atoms with Gasteiger partial charge in [0.25, 0.3) is 0 Å². The molecule has 1 aromatic carbocycles. The highest BCUT2D eigenvalue weighted by Gasteiger charge is 2.58. The minimum atomic E-state index is -0.793. The average Bonchev–Trinajstić information content (AvgIpc) is 3.57. The number of piperidine rings is 1. The number of nitrogens with zero attached hydrogens (tertiary/aromatic N) is 5. The highest BCUT2D eigenvalue weighted by molar-refractivity contribution is 6.51. The molecular formula is C27H30Cl2N6O4. The molecule has 1 saturated heterocycles. The number of rotatable bonds is 9. The van der Waals surface area contributed by atoms with Gasteiger partial charge in [0, 0.05) is 43.6 Å². The van der Waals surface area contributed by atoms with Crippen molar-refractivity contribution in [3.8, 4) is 5.75 Å². The molecule has 2 saturated carbocycles. The lowest BCUT2D eigenvalue weighted by Crippen LogP contribution is -2.51. The van der Waals surface area contributed by atoms with Crippen LogP contribution in [0.5, 0.6) is 5.75 Å². The highest BCUT2D eigenvalue weighted by Crippen LogP contribution is 2.55. The minimum absolute atomic E-state index is 0.00291. The first-order valence-corrected chi connectivity index (χ1v) is 13.9. The molecule has 0 bridgehead atoms. The summed E-state index contributed by atoms with van der Waals surface area (Å²) >= 11 is 12.4. The van der Waals surface area contributed by atoms with Crippen LogP contribution in [-0.4, -0.2) is 64.5 Å². The van der Waals surface area contributed by atoms with Crippen molar-refractivity contribution in [1.82, 2.24) is 29.8 Å². The van der Waals surface area contributed by atoms with Gasteiger partial charge in [0.2, 0.25) is 11.8 Å². The molecule has 3 fully saturated rings. The van der Waals surface area contributed by atoms with Crippen LogP contribution in [0.25, 0.3) is 10.9 Å². The first kappa shape index (κ1) is 26.1. The Kier molecular flexibility index (Phi) is 6.38. The van der Waals surface area contributed by atoms with Crippen molar-refractivity contribution < 1.29 is 19.1 Å². The SMILES string of the molecule is CC(=O)c1nn(CC(=O)N2[C@@H]3C[C@@H]3C[C@H]2C(=O)N[C@H](C)[C@H]2CC2(Cl)Cl)c2ccc(OCc3ccn(C)n3)cc12. The number of Topliss-reactive ketones (excluding diaryl/α,β-unsaturated/α-hetero) is 1. The van der Waals surface area contributed by atoms with E-state index in [1.54, 1.807) is 32.5 Å².